The fourth-order valence-corrected chi connectivity index (χ4v) is 3.79. The third-order valence-corrected chi connectivity index (χ3v) is 5.87. The summed E-state index contributed by atoms with van der Waals surface area (Å²) in [4.78, 5) is 21.4. The molecule has 0 aliphatic rings. The molecule has 34 heavy (non-hydrogen) atoms. The molecule has 0 radical (unpaired) electrons. The van der Waals surface area contributed by atoms with Gasteiger partial charge in [0.15, 0.2) is 5.82 Å². The number of aryl methyl sites for hydroxylation is 1. The molecule has 5 aromatic rings. The Balaban J connectivity index is 1.31. The Morgan fingerprint density at radius 2 is 1.68 bits per heavy atom. The highest BCUT2D eigenvalue weighted by atomic mass is 16.5. The van der Waals surface area contributed by atoms with Gasteiger partial charge in [0.05, 0.1) is 5.69 Å². The van der Waals surface area contributed by atoms with E-state index in [9.17, 15) is 4.79 Å². The van der Waals surface area contributed by atoms with E-state index in [-0.39, 0.29) is 5.91 Å². The number of anilines is 1. The van der Waals surface area contributed by atoms with Crippen LogP contribution in [0.4, 0.5) is 5.69 Å². The highest BCUT2D eigenvalue weighted by Crippen LogP contribution is 2.25. The third-order valence-electron chi connectivity index (χ3n) is 5.87. The molecule has 7 heteroatoms. The predicted molar refractivity (Wildman–Crippen MR) is 132 cm³/mol. The maximum atomic E-state index is 12.9. The largest absolute Gasteiger partial charge is 0.439 e. The van der Waals surface area contributed by atoms with Crippen LogP contribution >= 0.6 is 0 Å². The average molecular weight is 450 g/mol. The quantitative estimate of drug-likeness (QED) is 0.367. The number of nitrogens with one attached hydrogen (secondary N) is 1. The number of amides is 1. The Morgan fingerprint density at radius 3 is 2.44 bits per heavy atom. The number of carbonyl (C=O) groups is 1. The van der Waals surface area contributed by atoms with E-state index in [2.05, 4.69) is 20.4 Å². The summed E-state index contributed by atoms with van der Waals surface area (Å²) < 4.78 is 7.70. The lowest BCUT2D eigenvalue weighted by Gasteiger charge is -2.10. The first-order chi connectivity index (χ1) is 16.5. The van der Waals surface area contributed by atoms with Gasteiger partial charge in [0.2, 0.25) is 5.88 Å². The number of benzene rings is 3. The topological polar surface area (TPSA) is 81.9 Å². The van der Waals surface area contributed by atoms with Crippen LogP contribution in [-0.4, -0.2) is 25.7 Å². The summed E-state index contributed by atoms with van der Waals surface area (Å²) in [6.45, 7) is 6.01. The fourth-order valence-electron chi connectivity index (χ4n) is 3.79. The van der Waals surface area contributed by atoms with Crippen molar-refractivity contribution in [3.63, 3.8) is 0 Å². The second-order valence-corrected chi connectivity index (χ2v) is 8.03. The van der Waals surface area contributed by atoms with Gasteiger partial charge in [-0.15, -0.1) is 0 Å². The minimum atomic E-state index is -0.161. The predicted octanol–water partition coefficient (Wildman–Crippen LogP) is 5.79. The number of hydrogen-bond acceptors (Lipinski definition) is 5. The molecule has 0 saturated carbocycles. The fraction of sp³-hybridized carbons (Fsp3) is 0.111. The SMILES string of the molecule is Cc1nn(-c2cc(Oc3ccc(NC(=O)c4cccc5ccccc45)cc3)ncn2)c(C)c1C. The lowest BCUT2D eigenvalue weighted by molar-refractivity contribution is 0.102. The number of carbonyl (C=O) groups excluding carboxylic acids is 1. The maximum absolute atomic E-state index is 12.9. The molecule has 3 aromatic carbocycles. The number of fused-ring (bicyclic) bond motifs is 1. The number of nitrogens with zero attached hydrogens (tertiary/aromatic N) is 4. The van der Waals surface area contributed by atoms with Crippen molar-refractivity contribution in [3.8, 4) is 17.4 Å². The Hall–Kier alpha value is -4.52. The zero-order chi connectivity index (χ0) is 23.7. The molecule has 0 aliphatic carbocycles. The van der Waals surface area contributed by atoms with Crippen molar-refractivity contribution < 1.29 is 9.53 Å². The van der Waals surface area contributed by atoms with Crippen LogP contribution in [-0.2, 0) is 0 Å². The molecule has 0 atom stereocenters. The molecular formula is C27H23N5O2. The summed E-state index contributed by atoms with van der Waals surface area (Å²) >= 11 is 0. The monoisotopic (exact) mass is 449 g/mol. The molecule has 2 heterocycles. The lowest BCUT2D eigenvalue weighted by atomic mass is 10.0. The highest BCUT2D eigenvalue weighted by molar-refractivity contribution is 6.12. The number of hydrogen-bond donors (Lipinski definition) is 1. The van der Waals surface area contributed by atoms with E-state index in [1.165, 1.54) is 6.33 Å². The van der Waals surface area contributed by atoms with Crippen LogP contribution in [0.15, 0.2) is 79.1 Å². The number of ether oxygens (including phenoxy) is 1. The highest BCUT2D eigenvalue weighted by Gasteiger charge is 2.12. The summed E-state index contributed by atoms with van der Waals surface area (Å²) in [5.74, 6) is 1.48. The molecule has 5 rings (SSSR count). The third kappa shape index (κ3) is 4.11. The minimum Gasteiger partial charge on any atom is -0.439 e. The first-order valence-electron chi connectivity index (χ1n) is 10.9. The summed E-state index contributed by atoms with van der Waals surface area (Å²) in [6.07, 6.45) is 1.45. The Morgan fingerprint density at radius 1 is 0.912 bits per heavy atom. The van der Waals surface area contributed by atoms with E-state index in [1.54, 1.807) is 35.0 Å². The van der Waals surface area contributed by atoms with Crippen LogP contribution < -0.4 is 10.1 Å². The van der Waals surface area contributed by atoms with Gasteiger partial charge in [0.1, 0.15) is 12.1 Å². The van der Waals surface area contributed by atoms with Crippen molar-refractivity contribution in [3.05, 3.63) is 102 Å². The van der Waals surface area contributed by atoms with E-state index < -0.39 is 0 Å². The van der Waals surface area contributed by atoms with Gasteiger partial charge in [-0.1, -0.05) is 36.4 Å². The number of rotatable bonds is 5. The number of aromatic nitrogens is 4. The summed E-state index contributed by atoms with van der Waals surface area (Å²) in [5.41, 5.74) is 4.41. The first kappa shape index (κ1) is 21.3. The molecule has 0 fully saturated rings. The van der Waals surface area contributed by atoms with Crippen LogP contribution in [0.2, 0.25) is 0 Å². The first-order valence-corrected chi connectivity index (χ1v) is 10.9. The second kappa shape index (κ2) is 8.78. The molecule has 0 spiro atoms. The van der Waals surface area contributed by atoms with E-state index in [0.717, 1.165) is 27.7 Å². The molecule has 7 nitrogen and oxygen atoms in total. The van der Waals surface area contributed by atoms with Gasteiger partial charge >= 0.3 is 0 Å². The Bertz CT molecular complexity index is 1500. The molecule has 2 aromatic heterocycles. The molecule has 0 unspecified atom stereocenters. The van der Waals surface area contributed by atoms with E-state index in [4.69, 9.17) is 4.74 Å². The van der Waals surface area contributed by atoms with Crippen molar-refractivity contribution in [1.82, 2.24) is 19.7 Å². The smallest absolute Gasteiger partial charge is 0.256 e. The van der Waals surface area contributed by atoms with Gasteiger partial charge in [0.25, 0.3) is 5.91 Å². The van der Waals surface area contributed by atoms with Crippen LogP contribution in [0.5, 0.6) is 11.6 Å². The van der Waals surface area contributed by atoms with Crippen molar-refractivity contribution in [2.45, 2.75) is 20.8 Å². The Kier molecular flexibility index (Phi) is 5.51. The zero-order valence-corrected chi connectivity index (χ0v) is 19.1. The van der Waals surface area contributed by atoms with Gasteiger partial charge in [-0.3, -0.25) is 4.79 Å². The van der Waals surface area contributed by atoms with Crippen molar-refractivity contribution in [2.24, 2.45) is 0 Å². The molecule has 1 N–H and O–H groups in total. The zero-order valence-electron chi connectivity index (χ0n) is 19.1. The van der Waals surface area contributed by atoms with Crippen molar-refractivity contribution in [2.75, 3.05) is 5.32 Å². The van der Waals surface area contributed by atoms with Crippen molar-refractivity contribution >= 4 is 22.4 Å². The summed E-state index contributed by atoms with van der Waals surface area (Å²) in [7, 11) is 0. The molecule has 0 saturated heterocycles. The minimum absolute atomic E-state index is 0.161. The maximum Gasteiger partial charge on any atom is 0.256 e. The van der Waals surface area contributed by atoms with E-state index >= 15 is 0 Å². The van der Waals surface area contributed by atoms with Crippen LogP contribution in [0.1, 0.15) is 27.3 Å². The average Bonchev–Trinajstić information content (AvgIpc) is 3.12. The molecule has 0 aliphatic heterocycles. The molecule has 1 amide bonds. The molecule has 0 bridgehead atoms. The Labute approximate surface area is 197 Å². The lowest BCUT2D eigenvalue weighted by Crippen LogP contribution is -2.12. The van der Waals surface area contributed by atoms with Gasteiger partial charge in [-0.2, -0.15) is 5.10 Å². The molecular weight excluding hydrogens is 426 g/mol. The van der Waals surface area contributed by atoms with Gasteiger partial charge in [-0.05, 0) is 67.4 Å². The van der Waals surface area contributed by atoms with Crippen LogP contribution in [0, 0.1) is 20.8 Å². The van der Waals surface area contributed by atoms with Crippen LogP contribution in [0.25, 0.3) is 16.6 Å². The van der Waals surface area contributed by atoms with Gasteiger partial charge in [-0.25, -0.2) is 14.6 Å². The van der Waals surface area contributed by atoms with Gasteiger partial charge < -0.3 is 10.1 Å². The van der Waals surface area contributed by atoms with E-state index in [0.29, 0.717) is 28.7 Å². The standard InChI is InChI=1S/C27H23N5O2/c1-17-18(2)31-32(19(17)3)25-15-26(29-16-28-25)34-22-13-11-21(12-14-22)30-27(33)24-10-6-8-20-7-4-5-9-23(20)24/h4-16H,1-3H3,(H,30,33). The summed E-state index contributed by atoms with van der Waals surface area (Å²) in [5, 5.41) is 9.44. The van der Waals surface area contributed by atoms with Crippen molar-refractivity contribution in [1.29, 1.82) is 0 Å². The normalized spacial score (nSPS) is 10.9. The van der Waals surface area contributed by atoms with E-state index in [1.807, 2.05) is 63.2 Å². The summed E-state index contributed by atoms with van der Waals surface area (Å²) in [6, 6.07) is 22.4. The second-order valence-electron chi connectivity index (χ2n) is 8.03. The van der Waals surface area contributed by atoms with Gasteiger partial charge in [0, 0.05) is 23.0 Å². The van der Waals surface area contributed by atoms with Crippen LogP contribution in [0.3, 0.4) is 0 Å². The molecule has 168 valence electrons.